The number of hydrogen-bond acceptors (Lipinski definition) is 7. The van der Waals surface area contributed by atoms with Crippen LogP contribution in [0.5, 0.6) is 5.75 Å². The molecule has 0 saturated heterocycles. The Morgan fingerprint density at radius 2 is 1.96 bits per heavy atom. The van der Waals surface area contributed by atoms with Gasteiger partial charge in [0.1, 0.15) is 5.75 Å². The highest BCUT2D eigenvalue weighted by Crippen LogP contribution is 2.27. The summed E-state index contributed by atoms with van der Waals surface area (Å²) in [5.41, 5.74) is 0.700. The Bertz CT molecular complexity index is 665. The van der Waals surface area contributed by atoms with Crippen molar-refractivity contribution in [1.29, 1.82) is 0 Å². The van der Waals surface area contributed by atoms with Crippen molar-refractivity contribution in [3.05, 3.63) is 23.8 Å². The Morgan fingerprint density at radius 1 is 1.26 bits per heavy atom. The smallest absolute Gasteiger partial charge is 0.413 e. The van der Waals surface area contributed by atoms with Crippen LogP contribution in [-0.4, -0.2) is 57.3 Å². The molecule has 8 nitrogen and oxygen atoms in total. The number of alkyl carbamates (subject to hydrolysis) is 1. The van der Waals surface area contributed by atoms with Crippen molar-refractivity contribution in [2.75, 3.05) is 38.9 Å². The van der Waals surface area contributed by atoms with E-state index >= 15 is 0 Å². The molecule has 1 aromatic carbocycles. The van der Waals surface area contributed by atoms with Crippen LogP contribution < -0.4 is 15.0 Å². The largest absolute Gasteiger partial charge is 0.497 e. The standard InChI is InChI=1S/C18H26N2O6S/c1-6-25-18(22)19-17(27)20(9-10-26-12(2)3)15-11-13(23-4)7-8-14(15)16(21)24-5/h7-8,11-12H,6,9-10H2,1-5H3,(H,19,22,27). The molecule has 0 aliphatic rings. The van der Waals surface area contributed by atoms with Crippen molar-refractivity contribution in [2.45, 2.75) is 26.9 Å². The molecule has 0 bridgehead atoms. The second-order valence-corrected chi connectivity index (χ2v) is 5.98. The zero-order valence-electron chi connectivity index (χ0n) is 16.2. The van der Waals surface area contributed by atoms with Crippen LogP contribution in [0.4, 0.5) is 10.5 Å². The normalized spacial score (nSPS) is 10.3. The van der Waals surface area contributed by atoms with E-state index in [-0.39, 0.29) is 23.4 Å². The summed E-state index contributed by atoms with van der Waals surface area (Å²) in [4.78, 5) is 25.5. The molecule has 0 fully saturated rings. The number of thiocarbonyl (C=S) groups is 1. The van der Waals surface area contributed by atoms with E-state index in [0.29, 0.717) is 24.6 Å². The monoisotopic (exact) mass is 398 g/mol. The fourth-order valence-electron chi connectivity index (χ4n) is 2.18. The predicted octanol–water partition coefficient (Wildman–Crippen LogP) is 2.74. The van der Waals surface area contributed by atoms with Crippen LogP contribution in [0, 0.1) is 0 Å². The first kappa shape index (κ1) is 22.7. The van der Waals surface area contributed by atoms with Gasteiger partial charge in [0.05, 0.1) is 44.8 Å². The van der Waals surface area contributed by atoms with E-state index in [1.54, 1.807) is 30.0 Å². The molecule has 9 heteroatoms. The van der Waals surface area contributed by atoms with Crippen molar-refractivity contribution in [2.24, 2.45) is 0 Å². The van der Waals surface area contributed by atoms with Crippen LogP contribution in [0.1, 0.15) is 31.1 Å². The first-order chi connectivity index (χ1) is 12.8. The Kier molecular flexibility index (Phi) is 9.52. The fourth-order valence-corrected chi connectivity index (χ4v) is 2.45. The number of rotatable bonds is 8. The highest BCUT2D eigenvalue weighted by molar-refractivity contribution is 7.80. The van der Waals surface area contributed by atoms with E-state index in [1.165, 1.54) is 14.2 Å². The molecule has 0 radical (unpaired) electrons. The SMILES string of the molecule is CCOC(=O)NC(=S)N(CCOC(C)C)c1cc(OC)ccc1C(=O)OC. The van der Waals surface area contributed by atoms with Gasteiger partial charge in [0.15, 0.2) is 5.11 Å². The molecule has 0 spiro atoms. The second kappa shape index (κ2) is 11.3. The van der Waals surface area contributed by atoms with Crippen molar-refractivity contribution in [3.8, 4) is 5.75 Å². The zero-order chi connectivity index (χ0) is 20.4. The number of benzene rings is 1. The maximum absolute atomic E-state index is 12.2. The fraction of sp³-hybridized carbons (Fsp3) is 0.500. The Hall–Kier alpha value is -2.39. The summed E-state index contributed by atoms with van der Waals surface area (Å²) >= 11 is 5.35. The molecule has 0 saturated carbocycles. The van der Waals surface area contributed by atoms with Gasteiger partial charge >= 0.3 is 12.1 Å². The molecule has 1 amide bonds. The third-order valence-electron chi connectivity index (χ3n) is 3.40. The number of nitrogens with one attached hydrogen (secondary N) is 1. The third kappa shape index (κ3) is 7.03. The number of carbonyl (C=O) groups excluding carboxylic acids is 2. The predicted molar refractivity (Wildman–Crippen MR) is 106 cm³/mol. The van der Waals surface area contributed by atoms with E-state index in [1.807, 2.05) is 13.8 Å². The molecular formula is C18H26N2O6S. The molecule has 27 heavy (non-hydrogen) atoms. The molecule has 150 valence electrons. The van der Waals surface area contributed by atoms with Crippen LogP contribution in [0.15, 0.2) is 18.2 Å². The first-order valence-corrected chi connectivity index (χ1v) is 8.88. The molecular weight excluding hydrogens is 372 g/mol. The zero-order valence-corrected chi connectivity index (χ0v) is 17.1. The Balaban J connectivity index is 3.24. The van der Waals surface area contributed by atoms with Crippen molar-refractivity contribution in [3.63, 3.8) is 0 Å². The molecule has 0 heterocycles. The van der Waals surface area contributed by atoms with E-state index < -0.39 is 12.1 Å². The molecule has 0 aliphatic heterocycles. The molecule has 0 unspecified atom stereocenters. The molecule has 1 rings (SSSR count). The number of ether oxygens (including phenoxy) is 4. The summed E-state index contributed by atoms with van der Waals surface area (Å²) in [6.45, 7) is 6.32. The Labute approximate surface area is 164 Å². The van der Waals surface area contributed by atoms with Gasteiger partial charge in [0, 0.05) is 12.6 Å². The lowest BCUT2D eigenvalue weighted by atomic mass is 10.1. The number of hydrogen-bond donors (Lipinski definition) is 1. The Morgan fingerprint density at radius 3 is 2.52 bits per heavy atom. The van der Waals surface area contributed by atoms with Gasteiger partial charge in [0.25, 0.3) is 0 Å². The van der Waals surface area contributed by atoms with Crippen LogP contribution in [0.2, 0.25) is 0 Å². The van der Waals surface area contributed by atoms with Gasteiger partial charge in [-0.25, -0.2) is 9.59 Å². The lowest BCUT2D eigenvalue weighted by Gasteiger charge is -2.27. The van der Waals surface area contributed by atoms with E-state index in [2.05, 4.69) is 5.32 Å². The van der Waals surface area contributed by atoms with Gasteiger partial charge < -0.3 is 23.8 Å². The van der Waals surface area contributed by atoms with Gasteiger partial charge in [-0.15, -0.1) is 0 Å². The minimum Gasteiger partial charge on any atom is -0.497 e. The number of esters is 1. The third-order valence-corrected chi connectivity index (χ3v) is 3.72. The molecule has 1 aromatic rings. The van der Waals surface area contributed by atoms with E-state index in [4.69, 9.17) is 31.2 Å². The van der Waals surface area contributed by atoms with Crippen LogP contribution in [-0.2, 0) is 14.2 Å². The lowest BCUT2D eigenvalue weighted by Crippen LogP contribution is -2.45. The number of methoxy groups -OCH3 is 2. The minimum atomic E-state index is -0.681. The summed E-state index contributed by atoms with van der Waals surface area (Å²) in [7, 11) is 2.80. The summed E-state index contributed by atoms with van der Waals surface area (Å²) < 4.78 is 20.6. The summed E-state index contributed by atoms with van der Waals surface area (Å²) in [5.74, 6) is -0.0206. The molecule has 0 aliphatic carbocycles. The van der Waals surface area contributed by atoms with Gasteiger partial charge in [0.2, 0.25) is 0 Å². The van der Waals surface area contributed by atoms with Crippen LogP contribution >= 0.6 is 12.2 Å². The number of carbonyl (C=O) groups is 2. The van der Waals surface area contributed by atoms with Gasteiger partial charge in [-0.05, 0) is 45.1 Å². The van der Waals surface area contributed by atoms with Crippen LogP contribution in [0.3, 0.4) is 0 Å². The second-order valence-electron chi connectivity index (χ2n) is 5.60. The molecule has 0 aromatic heterocycles. The summed E-state index contributed by atoms with van der Waals surface area (Å²) in [5, 5.41) is 2.56. The van der Waals surface area contributed by atoms with Gasteiger partial charge in [-0.2, -0.15) is 0 Å². The highest BCUT2D eigenvalue weighted by Gasteiger charge is 2.22. The van der Waals surface area contributed by atoms with E-state index in [9.17, 15) is 9.59 Å². The summed E-state index contributed by atoms with van der Waals surface area (Å²) in [6.07, 6.45) is -0.663. The lowest BCUT2D eigenvalue weighted by molar-refractivity contribution is 0.0600. The van der Waals surface area contributed by atoms with Crippen molar-refractivity contribution < 1.29 is 28.5 Å². The van der Waals surface area contributed by atoms with Crippen molar-refractivity contribution >= 4 is 35.1 Å². The van der Waals surface area contributed by atoms with Gasteiger partial charge in [-0.3, -0.25) is 5.32 Å². The minimum absolute atomic E-state index is 0.0174. The maximum atomic E-state index is 12.2. The average molecular weight is 398 g/mol. The first-order valence-electron chi connectivity index (χ1n) is 8.47. The topological polar surface area (TPSA) is 86.3 Å². The number of anilines is 1. The maximum Gasteiger partial charge on any atom is 0.413 e. The number of amides is 1. The highest BCUT2D eigenvalue weighted by atomic mass is 32.1. The number of nitrogens with zero attached hydrogens (tertiary/aromatic N) is 1. The molecule has 0 atom stereocenters. The van der Waals surface area contributed by atoms with E-state index in [0.717, 1.165) is 0 Å². The summed E-state index contributed by atoms with van der Waals surface area (Å²) in [6, 6.07) is 4.85. The average Bonchev–Trinajstić information content (AvgIpc) is 2.63. The van der Waals surface area contributed by atoms with Crippen molar-refractivity contribution in [1.82, 2.24) is 5.32 Å². The molecule has 1 N–H and O–H groups in total. The van der Waals surface area contributed by atoms with Crippen LogP contribution in [0.25, 0.3) is 0 Å². The van der Waals surface area contributed by atoms with Gasteiger partial charge in [-0.1, -0.05) is 0 Å². The quantitative estimate of drug-likeness (QED) is 0.528.